The van der Waals surface area contributed by atoms with Crippen molar-refractivity contribution < 1.29 is 23.7 Å². The van der Waals surface area contributed by atoms with Crippen molar-refractivity contribution in [2.75, 3.05) is 49.9 Å². The summed E-state index contributed by atoms with van der Waals surface area (Å²) in [6, 6.07) is 12.8. The Kier molecular flexibility index (Phi) is 4.94. The summed E-state index contributed by atoms with van der Waals surface area (Å²) in [6.07, 6.45) is 0. The molecule has 0 unspecified atom stereocenters. The van der Waals surface area contributed by atoms with E-state index in [4.69, 9.17) is 23.9 Å². The molecule has 0 bridgehead atoms. The van der Waals surface area contributed by atoms with E-state index in [0.29, 0.717) is 60.7 Å². The van der Waals surface area contributed by atoms with Crippen LogP contribution in [0.1, 0.15) is 0 Å². The number of hydrogen-bond acceptors (Lipinski definition) is 8. The van der Waals surface area contributed by atoms with Crippen LogP contribution >= 0.6 is 0 Å². The molecular formula is C21H20N4O5. The lowest BCUT2D eigenvalue weighted by atomic mass is 10.3. The van der Waals surface area contributed by atoms with Gasteiger partial charge in [0.2, 0.25) is 6.79 Å². The van der Waals surface area contributed by atoms with E-state index in [1.807, 2.05) is 24.3 Å². The lowest BCUT2D eigenvalue weighted by molar-refractivity contribution is -0.118. The van der Waals surface area contributed by atoms with E-state index in [2.05, 4.69) is 15.2 Å². The molecule has 2 aliphatic heterocycles. The largest absolute Gasteiger partial charge is 0.465 e. The molecule has 2 aromatic carbocycles. The van der Waals surface area contributed by atoms with Gasteiger partial charge in [0.05, 0.1) is 24.2 Å². The number of carbonyl (C=O) groups is 1. The Morgan fingerprint density at radius 3 is 2.63 bits per heavy atom. The molecule has 0 saturated carbocycles. The molecule has 1 N–H and O–H groups in total. The van der Waals surface area contributed by atoms with Gasteiger partial charge in [0.25, 0.3) is 11.8 Å². The van der Waals surface area contributed by atoms with Crippen LogP contribution < -0.4 is 24.4 Å². The zero-order valence-electron chi connectivity index (χ0n) is 16.2. The van der Waals surface area contributed by atoms with Crippen molar-refractivity contribution >= 4 is 28.4 Å². The van der Waals surface area contributed by atoms with Gasteiger partial charge in [0, 0.05) is 24.8 Å². The number of aromatic nitrogens is 2. The summed E-state index contributed by atoms with van der Waals surface area (Å²) in [5.74, 6) is 1.90. The Labute approximate surface area is 172 Å². The van der Waals surface area contributed by atoms with Crippen LogP contribution in [0.4, 0.5) is 11.5 Å². The molecule has 2 aliphatic rings. The van der Waals surface area contributed by atoms with Gasteiger partial charge < -0.3 is 29.2 Å². The van der Waals surface area contributed by atoms with Crippen molar-refractivity contribution in [3.8, 4) is 17.4 Å². The topological polar surface area (TPSA) is 95.0 Å². The molecule has 1 aromatic heterocycles. The maximum absolute atomic E-state index is 12.4. The fourth-order valence-corrected chi connectivity index (χ4v) is 3.36. The molecule has 0 atom stereocenters. The molecule has 3 aromatic rings. The number of nitrogens with zero attached hydrogens (tertiary/aromatic N) is 3. The monoisotopic (exact) mass is 408 g/mol. The Hall–Kier alpha value is -3.59. The molecule has 30 heavy (non-hydrogen) atoms. The number of hydrogen-bond donors (Lipinski definition) is 1. The van der Waals surface area contributed by atoms with Crippen molar-refractivity contribution in [1.29, 1.82) is 0 Å². The first-order valence-electron chi connectivity index (χ1n) is 9.68. The maximum atomic E-state index is 12.4. The number of fused-ring (bicyclic) bond motifs is 2. The third-order valence-corrected chi connectivity index (χ3v) is 4.83. The van der Waals surface area contributed by atoms with Gasteiger partial charge in [-0.2, -0.15) is 0 Å². The fourth-order valence-electron chi connectivity index (χ4n) is 3.36. The standard InChI is InChI=1S/C21H20N4O5/c26-19(22-14-5-6-17-18(11-14)30-13-29-17)12-28-21-20(25-7-9-27-10-8-25)23-15-3-1-2-4-16(15)24-21/h1-6,11H,7-10,12-13H2,(H,22,26). The van der Waals surface area contributed by atoms with Crippen LogP contribution in [-0.2, 0) is 9.53 Å². The zero-order valence-corrected chi connectivity index (χ0v) is 16.2. The smallest absolute Gasteiger partial charge is 0.262 e. The first kappa shape index (κ1) is 18.4. The Balaban J connectivity index is 1.33. The van der Waals surface area contributed by atoms with Crippen LogP contribution in [0.25, 0.3) is 11.0 Å². The normalized spacial score (nSPS) is 15.3. The summed E-state index contributed by atoms with van der Waals surface area (Å²) in [6.45, 7) is 2.58. The summed E-state index contributed by atoms with van der Waals surface area (Å²) in [5, 5.41) is 2.80. The lowest BCUT2D eigenvalue weighted by Crippen LogP contribution is -2.37. The van der Waals surface area contributed by atoms with E-state index >= 15 is 0 Å². The summed E-state index contributed by atoms with van der Waals surface area (Å²) < 4.78 is 21.8. The molecule has 9 nitrogen and oxygen atoms in total. The molecule has 0 spiro atoms. The van der Waals surface area contributed by atoms with Gasteiger partial charge in [0.1, 0.15) is 0 Å². The van der Waals surface area contributed by atoms with Crippen LogP contribution in [0.15, 0.2) is 42.5 Å². The molecule has 1 saturated heterocycles. The van der Waals surface area contributed by atoms with E-state index in [1.54, 1.807) is 18.2 Å². The van der Waals surface area contributed by atoms with Gasteiger partial charge in [0.15, 0.2) is 23.9 Å². The quantitative estimate of drug-likeness (QED) is 0.687. The van der Waals surface area contributed by atoms with Gasteiger partial charge >= 0.3 is 0 Å². The number of rotatable bonds is 5. The number of amides is 1. The molecule has 154 valence electrons. The van der Waals surface area contributed by atoms with Crippen molar-refractivity contribution in [2.45, 2.75) is 0 Å². The summed E-state index contributed by atoms with van der Waals surface area (Å²) >= 11 is 0. The Bertz CT molecular complexity index is 1080. The summed E-state index contributed by atoms with van der Waals surface area (Å²) in [5.41, 5.74) is 2.09. The number of benzene rings is 2. The van der Waals surface area contributed by atoms with E-state index in [0.717, 1.165) is 5.52 Å². The number of ether oxygens (including phenoxy) is 4. The highest BCUT2D eigenvalue weighted by molar-refractivity contribution is 5.92. The molecule has 0 radical (unpaired) electrons. The second-order valence-corrected chi connectivity index (χ2v) is 6.85. The molecule has 1 fully saturated rings. The summed E-state index contributed by atoms with van der Waals surface area (Å²) in [7, 11) is 0. The predicted octanol–water partition coefficient (Wildman–Crippen LogP) is 2.21. The second kappa shape index (κ2) is 8.03. The van der Waals surface area contributed by atoms with Crippen LogP contribution in [0, 0.1) is 0 Å². The molecule has 5 rings (SSSR count). The second-order valence-electron chi connectivity index (χ2n) is 6.85. The van der Waals surface area contributed by atoms with E-state index in [-0.39, 0.29) is 19.3 Å². The average molecular weight is 408 g/mol. The molecule has 1 amide bonds. The highest BCUT2D eigenvalue weighted by Crippen LogP contribution is 2.34. The summed E-state index contributed by atoms with van der Waals surface area (Å²) in [4.78, 5) is 23.8. The third-order valence-electron chi connectivity index (χ3n) is 4.83. The van der Waals surface area contributed by atoms with Gasteiger partial charge in [-0.05, 0) is 24.3 Å². The highest BCUT2D eigenvalue weighted by atomic mass is 16.7. The van der Waals surface area contributed by atoms with Crippen LogP contribution in [-0.4, -0.2) is 55.6 Å². The third kappa shape index (κ3) is 3.79. The number of morpholine rings is 1. The number of para-hydroxylation sites is 2. The maximum Gasteiger partial charge on any atom is 0.262 e. The Morgan fingerprint density at radius 2 is 1.80 bits per heavy atom. The molecule has 3 heterocycles. The SMILES string of the molecule is O=C(COc1nc2ccccc2nc1N1CCOCC1)Nc1ccc2c(c1)OCO2. The fraction of sp³-hybridized carbons (Fsp3) is 0.286. The van der Waals surface area contributed by atoms with Gasteiger partial charge in [-0.1, -0.05) is 12.1 Å². The van der Waals surface area contributed by atoms with Crippen LogP contribution in [0.2, 0.25) is 0 Å². The number of anilines is 2. The van der Waals surface area contributed by atoms with Crippen molar-refractivity contribution in [3.05, 3.63) is 42.5 Å². The first-order valence-corrected chi connectivity index (χ1v) is 9.68. The van der Waals surface area contributed by atoms with Crippen molar-refractivity contribution in [1.82, 2.24) is 9.97 Å². The number of nitrogens with one attached hydrogen (secondary N) is 1. The van der Waals surface area contributed by atoms with Gasteiger partial charge in [-0.15, -0.1) is 0 Å². The van der Waals surface area contributed by atoms with Gasteiger partial charge in [-0.25, -0.2) is 9.97 Å². The predicted molar refractivity (Wildman–Crippen MR) is 109 cm³/mol. The minimum Gasteiger partial charge on any atom is -0.465 e. The minimum atomic E-state index is -0.309. The van der Waals surface area contributed by atoms with E-state index < -0.39 is 0 Å². The number of carbonyl (C=O) groups excluding carboxylic acids is 1. The first-order chi connectivity index (χ1) is 14.8. The van der Waals surface area contributed by atoms with E-state index in [1.165, 1.54) is 0 Å². The minimum absolute atomic E-state index is 0.181. The average Bonchev–Trinajstić information content (AvgIpc) is 3.25. The molecule has 9 heteroatoms. The zero-order chi connectivity index (χ0) is 20.3. The van der Waals surface area contributed by atoms with E-state index in [9.17, 15) is 4.79 Å². The highest BCUT2D eigenvalue weighted by Gasteiger charge is 2.21. The lowest BCUT2D eigenvalue weighted by Gasteiger charge is -2.28. The Morgan fingerprint density at radius 1 is 1.03 bits per heavy atom. The van der Waals surface area contributed by atoms with Crippen molar-refractivity contribution in [2.24, 2.45) is 0 Å². The van der Waals surface area contributed by atoms with Gasteiger partial charge in [-0.3, -0.25) is 4.79 Å². The van der Waals surface area contributed by atoms with Crippen LogP contribution in [0.3, 0.4) is 0 Å². The van der Waals surface area contributed by atoms with Crippen molar-refractivity contribution in [3.63, 3.8) is 0 Å². The molecule has 0 aliphatic carbocycles. The molecular weight excluding hydrogens is 388 g/mol. The van der Waals surface area contributed by atoms with Crippen LogP contribution in [0.5, 0.6) is 17.4 Å².